The van der Waals surface area contributed by atoms with Crippen molar-refractivity contribution >= 4 is 45.1 Å². The van der Waals surface area contributed by atoms with Crippen molar-refractivity contribution in [2.24, 2.45) is 0 Å². The van der Waals surface area contributed by atoms with E-state index in [1.807, 2.05) is 52.9 Å². The van der Waals surface area contributed by atoms with E-state index in [1.54, 1.807) is 24.5 Å². The Bertz CT molecular complexity index is 783. The van der Waals surface area contributed by atoms with Crippen LogP contribution in [0.4, 0.5) is 5.69 Å². The van der Waals surface area contributed by atoms with E-state index < -0.39 is 0 Å². The average Bonchev–Trinajstić information content (AvgIpc) is 2.48. The molecule has 0 aliphatic heterocycles. The smallest absolute Gasteiger partial charge is 0.258 e. The van der Waals surface area contributed by atoms with Gasteiger partial charge in [-0.2, -0.15) is 0 Å². The van der Waals surface area contributed by atoms with Gasteiger partial charge in [0.2, 0.25) is 0 Å². The molecule has 20 heavy (non-hydrogen) atoms. The lowest BCUT2D eigenvalue weighted by molar-refractivity contribution is 0.102. The Morgan fingerprint density at radius 2 is 1.75 bits per heavy atom. The van der Waals surface area contributed by atoms with Gasteiger partial charge >= 0.3 is 0 Å². The second kappa shape index (κ2) is 5.54. The Morgan fingerprint density at radius 3 is 2.60 bits per heavy atom. The number of benzene rings is 1. The first-order valence-electron chi connectivity index (χ1n) is 6.01. The van der Waals surface area contributed by atoms with E-state index in [4.69, 9.17) is 0 Å². The average molecular weight is 375 g/mol. The highest BCUT2D eigenvalue weighted by molar-refractivity contribution is 14.1. The van der Waals surface area contributed by atoms with Crippen LogP contribution in [0.1, 0.15) is 10.4 Å². The molecular formula is C15H10IN3O. The van der Waals surface area contributed by atoms with Crippen LogP contribution in [0.25, 0.3) is 10.9 Å². The fourth-order valence-electron chi connectivity index (χ4n) is 1.95. The Balaban J connectivity index is 1.98. The molecule has 4 nitrogen and oxygen atoms in total. The van der Waals surface area contributed by atoms with Crippen LogP contribution in [0, 0.1) is 3.70 Å². The molecule has 0 radical (unpaired) electrons. The summed E-state index contributed by atoms with van der Waals surface area (Å²) in [5.41, 5.74) is 2.04. The van der Waals surface area contributed by atoms with Gasteiger partial charge in [0.05, 0.1) is 16.8 Å². The lowest BCUT2D eigenvalue weighted by Gasteiger charge is -2.08. The molecule has 3 rings (SSSR count). The molecule has 2 aromatic heterocycles. The summed E-state index contributed by atoms with van der Waals surface area (Å²) < 4.78 is 0.677. The number of hydrogen-bond donors (Lipinski definition) is 1. The molecule has 0 aliphatic carbocycles. The zero-order valence-corrected chi connectivity index (χ0v) is 12.5. The van der Waals surface area contributed by atoms with Gasteiger partial charge in [-0.25, -0.2) is 4.98 Å². The van der Waals surface area contributed by atoms with Gasteiger partial charge in [-0.1, -0.05) is 18.2 Å². The number of carbonyl (C=O) groups is 1. The van der Waals surface area contributed by atoms with Gasteiger partial charge in [-0.15, -0.1) is 0 Å². The highest BCUT2D eigenvalue weighted by Crippen LogP contribution is 2.21. The maximum Gasteiger partial charge on any atom is 0.258 e. The molecule has 98 valence electrons. The third kappa shape index (κ3) is 2.49. The topological polar surface area (TPSA) is 54.9 Å². The third-order valence-electron chi connectivity index (χ3n) is 2.88. The minimum Gasteiger partial charge on any atom is -0.320 e. The summed E-state index contributed by atoms with van der Waals surface area (Å²) >= 11 is 2.05. The number of anilines is 1. The van der Waals surface area contributed by atoms with Gasteiger partial charge in [-0.05, 0) is 46.9 Å². The molecule has 0 atom stereocenters. The summed E-state index contributed by atoms with van der Waals surface area (Å²) in [5.74, 6) is -0.180. The fourth-order valence-corrected chi connectivity index (χ4v) is 2.54. The predicted octanol–water partition coefficient (Wildman–Crippen LogP) is 3.49. The van der Waals surface area contributed by atoms with Gasteiger partial charge in [0.15, 0.2) is 0 Å². The van der Waals surface area contributed by atoms with Crippen LogP contribution in [-0.2, 0) is 0 Å². The van der Waals surface area contributed by atoms with Crippen molar-refractivity contribution in [2.45, 2.75) is 0 Å². The van der Waals surface area contributed by atoms with E-state index in [1.165, 1.54) is 0 Å². The number of pyridine rings is 2. The van der Waals surface area contributed by atoms with Crippen LogP contribution in [0.2, 0.25) is 0 Å². The summed E-state index contributed by atoms with van der Waals surface area (Å²) in [6.07, 6.45) is 3.38. The van der Waals surface area contributed by atoms with Crippen molar-refractivity contribution < 1.29 is 4.79 Å². The molecule has 0 fully saturated rings. The van der Waals surface area contributed by atoms with E-state index >= 15 is 0 Å². The number of aromatic nitrogens is 2. The molecule has 1 aromatic carbocycles. The van der Waals surface area contributed by atoms with Gasteiger partial charge in [0.25, 0.3) is 5.91 Å². The second-order valence-electron chi connectivity index (χ2n) is 4.18. The van der Waals surface area contributed by atoms with Crippen LogP contribution in [0.5, 0.6) is 0 Å². The van der Waals surface area contributed by atoms with E-state index in [2.05, 4.69) is 15.3 Å². The molecule has 1 amide bonds. The maximum absolute atomic E-state index is 12.3. The molecule has 3 aromatic rings. The summed E-state index contributed by atoms with van der Waals surface area (Å²) in [7, 11) is 0. The third-order valence-corrected chi connectivity index (χ3v) is 3.74. The highest BCUT2D eigenvalue weighted by atomic mass is 127. The molecular weight excluding hydrogens is 365 g/mol. The Kier molecular flexibility index (Phi) is 3.60. The summed E-state index contributed by atoms with van der Waals surface area (Å²) in [6.45, 7) is 0. The zero-order chi connectivity index (χ0) is 13.9. The fraction of sp³-hybridized carbons (Fsp3) is 0. The zero-order valence-electron chi connectivity index (χ0n) is 10.4. The molecule has 0 spiro atoms. The van der Waals surface area contributed by atoms with E-state index in [0.717, 1.165) is 10.9 Å². The molecule has 0 aliphatic rings. The summed E-state index contributed by atoms with van der Waals surface area (Å²) in [5, 5.41) is 3.89. The highest BCUT2D eigenvalue weighted by Gasteiger charge is 2.12. The van der Waals surface area contributed by atoms with Crippen LogP contribution in [0.3, 0.4) is 0 Å². The standard InChI is InChI=1S/C15H10IN3O/c16-14-11(6-3-9-18-14)15(20)19-12-7-1-4-10-5-2-8-17-13(10)12/h1-9H,(H,19,20). The first kappa shape index (κ1) is 13.0. The SMILES string of the molecule is O=C(Nc1cccc2cccnc12)c1cccnc1I. The maximum atomic E-state index is 12.3. The monoisotopic (exact) mass is 375 g/mol. The van der Waals surface area contributed by atoms with Gasteiger partial charge < -0.3 is 5.32 Å². The van der Waals surface area contributed by atoms with Crippen molar-refractivity contribution in [3.05, 3.63) is 64.1 Å². The van der Waals surface area contributed by atoms with Crippen LogP contribution < -0.4 is 5.32 Å². The normalized spacial score (nSPS) is 10.4. The minimum atomic E-state index is -0.180. The van der Waals surface area contributed by atoms with Gasteiger partial charge in [0, 0.05) is 17.8 Å². The first-order chi connectivity index (χ1) is 9.75. The molecule has 0 bridgehead atoms. The number of rotatable bonds is 2. The van der Waals surface area contributed by atoms with Crippen LogP contribution in [0.15, 0.2) is 54.9 Å². The first-order valence-corrected chi connectivity index (χ1v) is 7.09. The van der Waals surface area contributed by atoms with Gasteiger partial charge in [0.1, 0.15) is 3.70 Å². The molecule has 0 saturated carbocycles. The van der Waals surface area contributed by atoms with Crippen LogP contribution in [-0.4, -0.2) is 15.9 Å². The van der Waals surface area contributed by atoms with E-state index in [9.17, 15) is 4.79 Å². The molecule has 0 saturated heterocycles. The quantitative estimate of drug-likeness (QED) is 0.551. The summed E-state index contributed by atoms with van der Waals surface area (Å²) in [6, 6.07) is 13.0. The van der Waals surface area contributed by atoms with Crippen molar-refractivity contribution in [1.29, 1.82) is 0 Å². The summed E-state index contributed by atoms with van der Waals surface area (Å²) in [4.78, 5) is 20.7. The van der Waals surface area contributed by atoms with Crippen molar-refractivity contribution in [1.82, 2.24) is 9.97 Å². The molecule has 5 heteroatoms. The van der Waals surface area contributed by atoms with Crippen molar-refractivity contribution in [3.63, 3.8) is 0 Å². The van der Waals surface area contributed by atoms with E-state index in [-0.39, 0.29) is 5.91 Å². The lowest BCUT2D eigenvalue weighted by atomic mass is 10.2. The van der Waals surface area contributed by atoms with Gasteiger partial charge in [-0.3, -0.25) is 9.78 Å². The Labute approximate surface area is 129 Å². The molecule has 0 unspecified atom stereocenters. The number of amides is 1. The van der Waals surface area contributed by atoms with E-state index in [0.29, 0.717) is 15.0 Å². The second-order valence-corrected chi connectivity index (χ2v) is 5.20. The molecule has 1 N–H and O–H groups in total. The number of nitrogens with one attached hydrogen (secondary N) is 1. The Hall–Kier alpha value is -2.02. The number of hydrogen-bond acceptors (Lipinski definition) is 3. The number of halogens is 1. The van der Waals surface area contributed by atoms with Crippen LogP contribution >= 0.6 is 22.6 Å². The lowest BCUT2D eigenvalue weighted by Crippen LogP contribution is -2.14. The Morgan fingerprint density at radius 1 is 1.00 bits per heavy atom. The largest absolute Gasteiger partial charge is 0.320 e. The number of fused-ring (bicyclic) bond motifs is 1. The number of carbonyl (C=O) groups excluding carboxylic acids is 1. The minimum absolute atomic E-state index is 0.180. The van der Waals surface area contributed by atoms with Crippen molar-refractivity contribution in [2.75, 3.05) is 5.32 Å². The predicted molar refractivity (Wildman–Crippen MR) is 86.7 cm³/mol. The van der Waals surface area contributed by atoms with Crippen molar-refractivity contribution in [3.8, 4) is 0 Å². The number of nitrogens with zero attached hydrogens (tertiary/aromatic N) is 2. The molecule has 2 heterocycles. The number of para-hydroxylation sites is 1.